The Kier molecular flexibility index (Phi) is 1.87. The van der Waals surface area contributed by atoms with Gasteiger partial charge < -0.3 is 4.74 Å². The number of esters is 1. The lowest BCUT2D eigenvalue weighted by Gasteiger charge is -2.31. The molecule has 2 nitrogen and oxygen atoms in total. The summed E-state index contributed by atoms with van der Waals surface area (Å²) in [6, 6.07) is 0. The summed E-state index contributed by atoms with van der Waals surface area (Å²) in [4.78, 5) is 10.8. The first-order valence-corrected chi connectivity index (χ1v) is 4.16. The maximum absolute atomic E-state index is 13.1. The van der Waals surface area contributed by atoms with Crippen LogP contribution in [0.2, 0.25) is 0 Å². The summed E-state index contributed by atoms with van der Waals surface area (Å²) >= 11 is 0. The fourth-order valence-electron chi connectivity index (χ4n) is 1.77. The van der Waals surface area contributed by atoms with Gasteiger partial charge in [-0.05, 0) is 12.8 Å². The predicted molar refractivity (Wildman–Crippen MR) is 40.4 cm³/mol. The number of allylic oxidation sites excluding steroid dienone is 2. The Labute approximate surface area is 70.4 Å². The van der Waals surface area contributed by atoms with Gasteiger partial charge in [-0.2, -0.15) is 0 Å². The Morgan fingerprint density at radius 1 is 1.58 bits per heavy atom. The van der Waals surface area contributed by atoms with Gasteiger partial charge in [0, 0.05) is 11.8 Å². The average molecular weight is 169 g/mol. The van der Waals surface area contributed by atoms with Crippen molar-refractivity contribution in [2.45, 2.75) is 19.3 Å². The molecule has 0 aromatic heterocycles. The van der Waals surface area contributed by atoms with Crippen molar-refractivity contribution in [3.05, 3.63) is 18.5 Å². The summed E-state index contributed by atoms with van der Waals surface area (Å²) in [5.41, 5.74) is 0. The van der Waals surface area contributed by atoms with Crippen LogP contribution in [-0.4, -0.2) is 5.97 Å². The number of ether oxygens (including phenoxy) is 1. The maximum atomic E-state index is 13.1. The minimum Gasteiger partial charge on any atom is -0.458 e. The molecule has 2 atom stereocenters. The lowest BCUT2D eigenvalue weighted by Crippen LogP contribution is -2.29. The van der Waals surface area contributed by atoms with E-state index in [-0.39, 0.29) is 30.1 Å². The molecule has 2 unspecified atom stereocenters. The lowest BCUT2D eigenvalue weighted by molar-refractivity contribution is -0.147. The van der Waals surface area contributed by atoms with Gasteiger partial charge in [-0.25, -0.2) is 4.39 Å². The second kappa shape index (κ2) is 2.88. The van der Waals surface area contributed by atoms with Gasteiger partial charge in [-0.1, -0.05) is 6.08 Å². The van der Waals surface area contributed by atoms with Gasteiger partial charge in [0.25, 0.3) is 0 Å². The van der Waals surface area contributed by atoms with Crippen LogP contribution in [0.15, 0.2) is 11.9 Å². The molecule has 1 aliphatic heterocycles. The van der Waals surface area contributed by atoms with Crippen LogP contribution in [0.3, 0.4) is 0 Å². The van der Waals surface area contributed by atoms with Crippen LogP contribution in [0.5, 0.6) is 0 Å². The van der Waals surface area contributed by atoms with Crippen LogP contribution < -0.4 is 0 Å². The molecule has 0 aromatic carbocycles. The van der Waals surface area contributed by atoms with Gasteiger partial charge in [0.2, 0.25) is 0 Å². The summed E-state index contributed by atoms with van der Waals surface area (Å²) in [6.45, 7) is 1.49. The zero-order chi connectivity index (χ0) is 8.55. The fraction of sp³-hybridized carbons (Fsp3) is 0.556. The van der Waals surface area contributed by atoms with Crippen LogP contribution in [0, 0.1) is 18.4 Å². The zero-order valence-electron chi connectivity index (χ0n) is 6.63. The van der Waals surface area contributed by atoms with E-state index in [9.17, 15) is 9.18 Å². The van der Waals surface area contributed by atoms with Gasteiger partial charge in [-0.3, -0.25) is 4.79 Å². The van der Waals surface area contributed by atoms with Crippen LogP contribution in [0.25, 0.3) is 0 Å². The molecular formula is C9H10FO2. The number of fused-ring (bicyclic) bond motifs is 1. The van der Waals surface area contributed by atoms with Crippen molar-refractivity contribution in [3.8, 4) is 0 Å². The third kappa shape index (κ3) is 1.24. The molecule has 1 fully saturated rings. The molecule has 65 valence electrons. The number of hydrogen-bond donors (Lipinski definition) is 0. The third-order valence-corrected chi connectivity index (χ3v) is 2.47. The standard InChI is InChI=1S/C9H10FO2/c10-8-3-1-2-6-5-12-9(11)4-7(6)8/h3,5-7H,1-2,4H2. The Bertz CT molecular complexity index is 235. The van der Waals surface area contributed by atoms with Crippen molar-refractivity contribution in [1.82, 2.24) is 0 Å². The third-order valence-electron chi connectivity index (χ3n) is 2.47. The Morgan fingerprint density at radius 2 is 2.42 bits per heavy atom. The van der Waals surface area contributed by atoms with E-state index in [1.807, 2.05) is 0 Å². The fourth-order valence-corrected chi connectivity index (χ4v) is 1.77. The molecule has 0 spiro atoms. The second-order valence-electron chi connectivity index (χ2n) is 3.27. The van der Waals surface area contributed by atoms with Crippen molar-refractivity contribution in [3.63, 3.8) is 0 Å². The van der Waals surface area contributed by atoms with E-state index >= 15 is 0 Å². The first kappa shape index (κ1) is 7.77. The average Bonchev–Trinajstić information content (AvgIpc) is 2.07. The molecule has 0 saturated carbocycles. The van der Waals surface area contributed by atoms with Crippen molar-refractivity contribution >= 4 is 5.97 Å². The highest BCUT2D eigenvalue weighted by molar-refractivity contribution is 5.71. The van der Waals surface area contributed by atoms with Gasteiger partial charge in [0.05, 0.1) is 6.42 Å². The molecule has 1 aliphatic carbocycles. The van der Waals surface area contributed by atoms with E-state index in [0.717, 1.165) is 12.8 Å². The molecule has 2 aliphatic rings. The van der Waals surface area contributed by atoms with Crippen LogP contribution in [0.1, 0.15) is 19.3 Å². The largest absolute Gasteiger partial charge is 0.458 e. The van der Waals surface area contributed by atoms with E-state index in [2.05, 4.69) is 0 Å². The first-order valence-electron chi connectivity index (χ1n) is 4.16. The lowest BCUT2D eigenvalue weighted by atomic mass is 9.80. The first-order chi connectivity index (χ1) is 5.77. The van der Waals surface area contributed by atoms with Crippen LogP contribution in [0.4, 0.5) is 4.39 Å². The number of rotatable bonds is 0. The zero-order valence-corrected chi connectivity index (χ0v) is 6.63. The van der Waals surface area contributed by atoms with Crippen molar-refractivity contribution in [2.75, 3.05) is 0 Å². The normalized spacial score (nSPS) is 35.1. The van der Waals surface area contributed by atoms with Crippen LogP contribution in [-0.2, 0) is 9.53 Å². The minimum absolute atomic E-state index is 0.104. The van der Waals surface area contributed by atoms with Gasteiger partial charge in [0.1, 0.15) is 12.4 Å². The van der Waals surface area contributed by atoms with Crippen molar-refractivity contribution in [2.24, 2.45) is 11.8 Å². The second-order valence-corrected chi connectivity index (χ2v) is 3.27. The molecule has 0 N–H and O–H groups in total. The number of carbonyl (C=O) groups is 1. The van der Waals surface area contributed by atoms with E-state index in [1.165, 1.54) is 6.61 Å². The molecule has 3 heteroatoms. The summed E-state index contributed by atoms with van der Waals surface area (Å²) in [5.74, 6) is -0.589. The number of hydrogen-bond acceptors (Lipinski definition) is 2. The van der Waals surface area contributed by atoms with E-state index in [4.69, 9.17) is 4.74 Å². The van der Waals surface area contributed by atoms with Crippen LogP contribution >= 0.6 is 0 Å². The minimum atomic E-state index is -0.318. The quantitative estimate of drug-likeness (QED) is 0.518. The van der Waals surface area contributed by atoms with Crippen molar-refractivity contribution in [1.29, 1.82) is 0 Å². The molecule has 12 heavy (non-hydrogen) atoms. The van der Waals surface area contributed by atoms with Crippen molar-refractivity contribution < 1.29 is 13.9 Å². The summed E-state index contributed by atoms with van der Waals surface area (Å²) in [7, 11) is 0. The highest BCUT2D eigenvalue weighted by Crippen LogP contribution is 2.38. The van der Waals surface area contributed by atoms with Gasteiger partial charge in [-0.15, -0.1) is 0 Å². The molecule has 0 bridgehead atoms. The monoisotopic (exact) mass is 169 g/mol. The highest BCUT2D eigenvalue weighted by atomic mass is 19.1. The molecular weight excluding hydrogens is 159 g/mol. The number of cyclic esters (lactones) is 1. The van der Waals surface area contributed by atoms with Gasteiger partial charge in [0.15, 0.2) is 0 Å². The Hall–Kier alpha value is -0.860. The maximum Gasteiger partial charge on any atom is 0.306 e. The van der Waals surface area contributed by atoms with E-state index in [1.54, 1.807) is 6.08 Å². The Balaban J connectivity index is 2.15. The topological polar surface area (TPSA) is 26.3 Å². The highest BCUT2D eigenvalue weighted by Gasteiger charge is 2.35. The van der Waals surface area contributed by atoms with E-state index < -0.39 is 0 Å². The molecule has 0 amide bonds. The molecule has 1 saturated heterocycles. The summed E-state index contributed by atoms with van der Waals surface area (Å²) in [5, 5.41) is 0. The molecule has 0 aromatic rings. The number of carbonyl (C=O) groups excluding carboxylic acids is 1. The SMILES string of the molecule is O=C1CC2C(F)=CCCC2[CH]O1. The predicted octanol–water partition coefficient (Wildman–Crippen LogP) is 1.97. The van der Waals surface area contributed by atoms with Gasteiger partial charge >= 0.3 is 5.97 Å². The molecule has 2 rings (SSSR count). The summed E-state index contributed by atoms with van der Waals surface area (Å²) < 4.78 is 17.9. The molecule has 1 heterocycles. The molecule has 1 radical (unpaired) electrons. The number of halogens is 1. The Morgan fingerprint density at radius 3 is 3.25 bits per heavy atom. The smallest absolute Gasteiger partial charge is 0.306 e. The summed E-state index contributed by atoms with van der Waals surface area (Å²) in [6.07, 6.45) is 3.42. The van der Waals surface area contributed by atoms with E-state index in [0.29, 0.717) is 0 Å².